The van der Waals surface area contributed by atoms with Crippen LogP contribution in [0.4, 0.5) is 23.7 Å². The number of urea groups is 1. The molecular formula is C15H15ClF3N3O3. The highest BCUT2D eigenvalue weighted by molar-refractivity contribution is 6.30. The van der Waals surface area contributed by atoms with E-state index in [1.807, 2.05) is 0 Å². The second-order valence-corrected chi connectivity index (χ2v) is 6.27. The number of anilines is 1. The van der Waals surface area contributed by atoms with E-state index in [1.165, 1.54) is 6.07 Å². The Labute approximate surface area is 146 Å². The molecule has 1 fully saturated rings. The zero-order valence-electron chi connectivity index (χ0n) is 13.3. The van der Waals surface area contributed by atoms with Gasteiger partial charge in [0.15, 0.2) is 0 Å². The lowest BCUT2D eigenvalue weighted by Crippen LogP contribution is -2.39. The van der Waals surface area contributed by atoms with E-state index in [2.05, 4.69) is 10.6 Å². The summed E-state index contributed by atoms with van der Waals surface area (Å²) in [5.74, 6) is -1.71. The van der Waals surface area contributed by atoms with Crippen LogP contribution in [0.25, 0.3) is 0 Å². The molecule has 1 heterocycles. The summed E-state index contributed by atoms with van der Waals surface area (Å²) < 4.78 is 39.0. The molecule has 1 unspecified atom stereocenters. The second kappa shape index (κ2) is 6.91. The Balaban J connectivity index is 2.14. The van der Waals surface area contributed by atoms with Crippen molar-refractivity contribution in [3.05, 3.63) is 28.8 Å². The van der Waals surface area contributed by atoms with Crippen LogP contribution in [0.5, 0.6) is 0 Å². The third-order valence-electron chi connectivity index (χ3n) is 3.59. The molecule has 0 aromatic heterocycles. The molecule has 1 aromatic carbocycles. The maximum absolute atomic E-state index is 13.0. The Morgan fingerprint density at radius 1 is 1.36 bits per heavy atom. The van der Waals surface area contributed by atoms with Gasteiger partial charge in [0.05, 0.1) is 11.3 Å². The SMILES string of the molecule is CC(C)C1NC(=O)N(CC(=O)Nc2ccc(Cl)cc2C(F)(F)F)C1=O. The molecule has 2 rings (SSSR count). The number of nitrogens with zero attached hydrogens (tertiary/aromatic N) is 1. The molecule has 136 valence electrons. The van der Waals surface area contributed by atoms with E-state index >= 15 is 0 Å². The molecule has 2 N–H and O–H groups in total. The van der Waals surface area contributed by atoms with E-state index in [-0.39, 0.29) is 10.9 Å². The number of alkyl halides is 3. The number of hydrogen-bond donors (Lipinski definition) is 2. The number of hydrogen-bond acceptors (Lipinski definition) is 3. The zero-order chi connectivity index (χ0) is 18.9. The average Bonchev–Trinajstić information content (AvgIpc) is 2.76. The second-order valence-electron chi connectivity index (χ2n) is 5.83. The molecule has 6 nitrogen and oxygen atoms in total. The highest BCUT2D eigenvalue weighted by Gasteiger charge is 2.40. The summed E-state index contributed by atoms with van der Waals surface area (Å²) in [6.45, 7) is 2.75. The molecule has 10 heteroatoms. The van der Waals surface area contributed by atoms with Crippen molar-refractivity contribution in [2.24, 2.45) is 5.92 Å². The Hall–Kier alpha value is -2.29. The topological polar surface area (TPSA) is 78.5 Å². The van der Waals surface area contributed by atoms with Crippen molar-refractivity contribution in [3.63, 3.8) is 0 Å². The fourth-order valence-corrected chi connectivity index (χ4v) is 2.51. The fraction of sp³-hybridized carbons (Fsp3) is 0.400. The van der Waals surface area contributed by atoms with Gasteiger partial charge in [0.1, 0.15) is 12.6 Å². The molecule has 0 spiro atoms. The van der Waals surface area contributed by atoms with Crippen molar-refractivity contribution in [3.8, 4) is 0 Å². The molecule has 0 radical (unpaired) electrons. The number of imide groups is 1. The van der Waals surface area contributed by atoms with Crippen LogP contribution in [-0.2, 0) is 15.8 Å². The normalized spacial score (nSPS) is 17.9. The van der Waals surface area contributed by atoms with Crippen molar-refractivity contribution < 1.29 is 27.6 Å². The molecular weight excluding hydrogens is 363 g/mol. The summed E-state index contributed by atoms with van der Waals surface area (Å²) in [5.41, 5.74) is -1.63. The van der Waals surface area contributed by atoms with Crippen molar-refractivity contribution in [2.45, 2.75) is 26.1 Å². The minimum Gasteiger partial charge on any atom is -0.326 e. The van der Waals surface area contributed by atoms with E-state index in [0.717, 1.165) is 6.07 Å². The van der Waals surface area contributed by atoms with Gasteiger partial charge in [0.25, 0.3) is 5.91 Å². The molecule has 1 saturated heterocycles. The number of amides is 4. The van der Waals surface area contributed by atoms with Gasteiger partial charge in [-0.05, 0) is 24.1 Å². The number of halogens is 4. The standard InChI is InChI=1S/C15H15ClF3N3O3/c1-7(2)12-13(24)22(14(25)21-12)6-11(23)20-10-4-3-8(16)5-9(10)15(17,18)19/h3-5,7,12H,6H2,1-2H3,(H,20,23)(H,21,25). The van der Waals surface area contributed by atoms with Gasteiger partial charge in [-0.25, -0.2) is 4.79 Å². The highest BCUT2D eigenvalue weighted by Crippen LogP contribution is 2.36. The van der Waals surface area contributed by atoms with E-state index in [1.54, 1.807) is 13.8 Å². The summed E-state index contributed by atoms with van der Waals surface area (Å²) >= 11 is 5.56. The Bertz CT molecular complexity index is 722. The number of nitrogens with one attached hydrogen (secondary N) is 2. The molecule has 0 saturated carbocycles. The molecule has 1 aliphatic heterocycles. The quantitative estimate of drug-likeness (QED) is 0.792. The average molecular weight is 378 g/mol. The summed E-state index contributed by atoms with van der Waals surface area (Å²) in [6.07, 6.45) is -4.73. The summed E-state index contributed by atoms with van der Waals surface area (Å²) in [6, 6.07) is 1.35. The maximum atomic E-state index is 13.0. The zero-order valence-corrected chi connectivity index (χ0v) is 14.0. The Morgan fingerprint density at radius 3 is 2.52 bits per heavy atom. The first-order valence-corrected chi connectivity index (χ1v) is 7.67. The van der Waals surface area contributed by atoms with Gasteiger partial charge in [-0.1, -0.05) is 25.4 Å². The van der Waals surface area contributed by atoms with Gasteiger partial charge >= 0.3 is 12.2 Å². The minimum absolute atomic E-state index is 0.140. The van der Waals surface area contributed by atoms with Gasteiger partial charge < -0.3 is 10.6 Å². The third kappa shape index (κ3) is 4.22. The van der Waals surface area contributed by atoms with Crippen molar-refractivity contribution >= 4 is 35.1 Å². The predicted molar refractivity (Wildman–Crippen MR) is 84.0 cm³/mol. The summed E-state index contributed by atoms with van der Waals surface area (Å²) in [4.78, 5) is 36.5. The first kappa shape index (κ1) is 19.0. The monoisotopic (exact) mass is 377 g/mol. The van der Waals surface area contributed by atoms with Crippen LogP contribution in [0.3, 0.4) is 0 Å². The van der Waals surface area contributed by atoms with Crippen molar-refractivity contribution in [1.29, 1.82) is 0 Å². The molecule has 4 amide bonds. The van der Waals surface area contributed by atoms with E-state index in [4.69, 9.17) is 11.6 Å². The van der Waals surface area contributed by atoms with Gasteiger partial charge in [-0.15, -0.1) is 0 Å². The predicted octanol–water partition coefficient (Wildman–Crippen LogP) is 2.87. The van der Waals surface area contributed by atoms with Crippen LogP contribution in [0.1, 0.15) is 19.4 Å². The van der Waals surface area contributed by atoms with Gasteiger partial charge in [-0.3, -0.25) is 14.5 Å². The molecule has 0 bridgehead atoms. The lowest BCUT2D eigenvalue weighted by Gasteiger charge is -2.17. The molecule has 1 aliphatic rings. The minimum atomic E-state index is -4.73. The van der Waals surface area contributed by atoms with Crippen LogP contribution in [-0.4, -0.2) is 35.3 Å². The van der Waals surface area contributed by atoms with Crippen LogP contribution in [0.2, 0.25) is 5.02 Å². The summed E-state index contributed by atoms with van der Waals surface area (Å²) in [5, 5.41) is 4.35. The van der Waals surface area contributed by atoms with Gasteiger partial charge in [0.2, 0.25) is 5.91 Å². The van der Waals surface area contributed by atoms with Crippen LogP contribution in [0, 0.1) is 5.92 Å². The first-order valence-electron chi connectivity index (χ1n) is 7.29. The largest absolute Gasteiger partial charge is 0.418 e. The fourth-order valence-electron chi connectivity index (χ4n) is 2.34. The number of rotatable bonds is 4. The first-order chi connectivity index (χ1) is 11.5. The molecule has 1 atom stereocenters. The number of carbonyl (C=O) groups is 3. The molecule has 25 heavy (non-hydrogen) atoms. The van der Waals surface area contributed by atoms with Gasteiger partial charge in [0, 0.05) is 5.02 Å². The third-order valence-corrected chi connectivity index (χ3v) is 3.82. The van der Waals surface area contributed by atoms with Crippen LogP contribution in [0.15, 0.2) is 18.2 Å². The Morgan fingerprint density at radius 2 is 2.00 bits per heavy atom. The lowest BCUT2D eigenvalue weighted by atomic mass is 10.1. The van der Waals surface area contributed by atoms with Crippen LogP contribution < -0.4 is 10.6 Å². The van der Waals surface area contributed by atoms with Crippen molar-refractivity contribution in [2.75, 3.05) is 11.9 Å². The maximum Gasteiger partial charge on any atom is 0.418 e. The smallest absolute Gasteiger partial charge is 0.326 e. The Kier molecular flexibility index (Phi) is 5.26. The van der Waals surface area contributed by atoms with E-state index < -0.39 is 47.9 Å². The number of carbonyl (C=O) groups excluding carboxylic acids is 3. The number of benzene rings is 1. The lowest BCUT2D eigenvalue weighted by molar-refractivity contribution is -0.137. The summed E-state index contributed by atoms with van der Waals surface area (Å²) in [7, 11) is 0. The van der Waals surface area contributed by atoms with Crippen molar-refractivity contribution in [1.82, 2.24) is 10.2 Å². The van der Waals surface area contributed by atoms with Gasteiger partial charge in [-0.2, -0.15) is 13.2 Å². The highest BCUT2D eigenvalue weighted by atomic mass is 35.5. The van der Waals surface area contributed by atoms with Crippen LogP contribution >= 0.6 is 11.6 Å². The molecule has 0 aliphatic carbocycles. The van der Waals surface area contributed by atoms with E-state index in [9.17, 15) is 27.6 Å². The molecule has 1 aromatic rings. The van der Waals surface area contributed by atoms with E-state index in [0.29, 0.717) is 11.0 Å².